The van der Waals surface area contributed by atoms with Gasteiger partial charge in [-0.15, -0.1) is 6.58 Å². The topological polar surface area (TPSA) is 52.6 Å². The van der Waals surface area contributed by atoms with Gasteiger partial charge in [-0.05, 0) is 51.9 Å². The van der Waals surface area contributed by atoms with Crippen molar-refractivity contribution in [3.63, 3.8) is 0 Å². The first kappa shape index (κ1) is 17.3. The maximum atomic E-state index is 12.6. The maximum Gasteiger partial charge on any atom is 0.317 e. The quantitative estimate of drug-likeness (QED) is 0.583. The van der Waals surface area contributed by atoms with Crippen molar-refractivity contribution in [2.24, 2.45) is 5.92 Å². The number of unbranched alkanes of at least 4 members (excludes halogenated alkanes) is 1. The minimum absolute atomic E-state index is 0.0615. The Hall–Kier alpha value is -1.03. The summed E-state index contributed by atoms with van der Waals surface area (Å²) >= 11 is 0. The standard InChI is InChI=1S/C18H32N2O2/c1-3-4-5-9-14(2)19-18(22)20-13-8-11-16(20)15-10-6-7-12-17(15)21/h3,14-17,21H,1,4-13H2,2H3,(H,19,22)/t14-,15+,16+,17-/m0/s1. The number of rotatable bonds is 6. The van der Waals surface area contributed by atoms with Gasteiger partial charge in [0.1, 0.15) is 0 Å². The van der Waals surface area contributed by atoms with Crippen LogP contribution in [0, 0.1) is 5.92 Å². The molecular weight excluding hydrogens is 276 g/mol. The predicted molar refractivity (Wildman–Crippen MR) is 89.7 cm³/mol. The molecule has 0 spiro atoms. The summed E-state index contributed by atoms with van der Waals surface area (Å²) in [6, 6.07) is 0.493. The number of urea groups is 1. The molecule has 1 saturated heterocycles. The van der Waals surface area contributed by atoms with Crippen LogP contribution < -0.4 is 5.32 Å². The number of aliphatic hydroxyl groups excluding tert-OH is 1. The molecule has 0 aromatic heterocycles. The van der Waals surface area contributed by atoms with E-state index in [0.29, 0.717) is 0 Å². The summed E-state index contributed by atoms with van der Waals surface area (Å²) in [5.41, 5.74) is 0. The molecule has 2 amide bonds. The van der Waals surface area contributed by atoms with Gasteiger partial charge in [0.2, 0.25) is 0 Å². The number of nitrogens with zero attached hydrogens (tertiary/aromatic N) is 1. The van der Waals surface area contributed by atoms with Crippen molar-refractivity contribution >= 4 is 6.03 Å². The lowest BCUT2D eigenvalue weighted by atomic mass is 9.80. The van der Waals surface area contributed by atoms with E-state index in [4.69, 9.17) is 0 Å². The Bertz CT molecular complexity index is 372. The third-order valence-corrected chi connectivity index (χ3v) is 5.25. The van der Waals surface area contributed by atoms with Gasteiger partial charge in [0.15, 0.2) is 0 Å². The van der Waals surface area contributed by atoms with E-state index in [1.807, 2.05) is 11.0 Å². The van der Waals surface area contributed by atoms with E-state index in [9.17, 15) is 9.90 Å². The molecule has 22 heavy (non-hydrogen) atoms. The van der Waals surface area contributed by atoms with E-state index in [0.717, 1.165) is 57.9 Å². The number of nitrogens with one attached hydrogen (secondary N) is 1. The first-order valence-corrected chi connectivity index (χ1v) is 8.99. The van der Waals surface area contributed by atoms with Gasteiger partial charge < -0.3 is 15.3 Å². The number of likely N-dealkylation sites (tertiary alicyclic amines) is 1. The van der Waals surface area contributed by atoms with Crippen molar-refractivity contribution in [2.75, 3.05) is 6.54 Å². The van der Waals surface area contributed by atoms with Crippen LogP contribution in [0.1, 0.15) is 64.7 Å². The normalized spacial score (nSPS) is 30.1. The first-order valence-electron chi connectivity index (χ1n) is 8.99. The van der Waals surface area contributed by atoms with E-state index >= 15 is 0 Å². The SMILES string of the molecule is C=CCCC[C@H](C)NC(=O)N1CCC[C@@H]1[C@H]1CCCC[C@@H]1O. The Morgan fingerprint density at radius 3 is 2.86 bits per heavy atom. The number of aliphatic hydroxyl groups is 1. The van der Waals surface area contributed by atoms with Gasteiger partial charge in [0.05, 0.1) is 6.10 Å². The molecule has 2 aliphatic rings. The van der Waals surface area contributed by atoms with E-state index < -0.39 is 0 Å². The lowest BCUT2D eigenvalue weighted by Gasteiger charge is -2.37. The van der Waals surface area contributed by atoms with Crippen molar-refractivity contribution in [1.82, 2.24) is 10.2 Å². The first-order chi connectivity index (χ1) is 10.6. The second-order valence-electron chi connectivity index (χ2n) is 6.99. The molecule has 4 nitrogen and oxygen atoms in total. The van der Waals surface area contributed by atoms with Crippen LogP contribution in [0.25, 0.3) is 0 Å². The Labute approximate surface area is 135 Å². The highest BCUT2D eigenvalue weighted by Gasteiger charge is 2.39. The molecule has 1 heterocycles. The smallest absolute Gasteiger partial charge is 0.317 e. The highest BCUT2D eigenvalue weighted by atomic mass is 16.3. The van der Waals surface area contributed by atoms with Crippen molar-refractivity contribution in [2.45, 2.75) is 82.9 Å². The molecule has 2 N–H and O–H groups in total. The molecule has 2 fully saturated rings. The second kappa shape index (κ2) is 8.56. The number of allylic oxidation sites excluding steroid dienone is 1. The fraction of sp³-hybridized carbons (Fsp3) is 0.833. The second-order valence-corrected chi connectivity index (χ2v) is 6.99. The van der Waals surface area contributed by atoms with Crippen LogP contribution in [-0.2, 0) is 0 Å². The van der Waals surface area contributed by atoms with Crippen LogP contribution in [0.2, 0.25) is 0 Å². The predicted octanol–water partition coefficient (Wildman–Crippen LogP) is 3.46. The molecule has 1 saturated carbocycles. The van der Waals surface area contributed by atoms with Crippen LogP contribution >= 0.6 is 0 Å². The molecule has 0 radical (unpaired) electrons. The molecule has 1 aliphatic heterocycles. The zero-order valence-electron chi connectivity index (χ0n) is 14.0. The van der Waals surface area contributed by atoms with E-state index in [-0.39, 0.29) is 30.1 Å². The fourth-order valence-electron chi connectivity index (χ4n) is 4.01. The summed E-state index contributed by atoms with van der Waals surface area (Å²) in [7, 11) is 0. The van der Waals surface area contributed by atoms with Crippen molar-refractivity contribution < 1.29 is 9.90 Å². The van der Waals surface area contributed by atoms with Gasteiger partial charge >= 0.3 is 6.03 Å². The third-order valence-electron chi connectivity index (χ3n) is 5.25. The van der Waals surface area contributed by atoms with E-state index in [1.54, 1.807) is 0 Å². The molecular formula is C18H32N2O2. The van der Waals surface area contributed by atoms with Gasteiger partial charge in [-0.1, -0.05) is 18.9 Å². The van der Waals surface area contributed by atoms with Crippen LogP contribution in [0.4, 0.5) is 4.79 Å². The van der Waals surface area contributed by atoms with Crippen LogP contribution in [0.15, 0.2) is 12.7 Å². The molecule has 0 unspecified atom stereocenters. The molecule has 0 aromatic rings. The van der Waals surface area contributed by atoms with Crippen LogP contribution in [-0.4, -0.2) is 40.8 Å². The highest BCUT2D eigenvalue weighted by Crippen LogP contribution is 2.34. The third kappa shape index (κ3) is 4.48. The average Bonchev–Trinajstić information content (AvgIpc) is 2.97. The summed E-state index contributed by atoms with van der Waals surface area (Å²) in [6.45, 7) is 6.63. The molecule has 0 bridgehead atoms. The Kier molecular flexibility index (Phi) is 6.74. The van der Waals surface area contributed by atoms with Gasteiger partial charge in [0, 0.05) is 24.5 Å². The van der Waals surface area contributed by atoms with E-state index in [2.05, 4.69) is 18.8 Å². The van der Waals surface area contributed by atoms with Crippen LogP contribution in [0.3, 0.4) is 0 Å². The van der Waals surface area contributed by atoms with Crippen molar-refractivity contribution in [3.8, 4) is 0 Å². The lowest BCUT2D eigenvalue weighted by molar-refractivity contribution is 0.0304. The number of carbonyl (C=O) groups is 1. The zero-order chi connectivity index (χ0) is 15.9. The maximum absolute atomic E-state index is 12.6. The number of carbonyl (C=O) groups excluding carboxylic acids is 1. The van der Waals surface area contributed by atoms with Crippen molar-refractivity contribution in [3.05, 3.63) is 12.7 Å². The van der Waals surface area contributed by atoms with Gasteiger partial charge in [-0.2, -0.15) is 0 Å². The molecule has 4 heteroatoms. The lowest BCUT2D eigenvalue weighted by Crippen LogP contribution is -2.50. The van der Waals surface area contributed by atoms with Gasteiger partial charge in [0.25, 0.3) is 0 Å². The largest absolute Gasteiger partial charge is 0.393 e. The van der Waals surface area contributed by atoms with Gasteiger partial charge in [-0.3, -0.25) is 0 Å². The summed E-state index contributed by atoms with van der Waals surface area (Å²) in [5.74, 6) is 0.276. The van der Waals surface area contributed by atoms with Crippen LogP contribution in [0.5, 0.6) is 0 Å². The van der Waals surface area contributed by atoms with Crippen molar-refractivity contribution in [1.29, 1.82) is 0 Å². The Morgan fingerprint density at radius 1 is 1.36 bits per heavy atom. The molecule has 2 rings (SSSR count). The Morgan fingerprint density at radius 2 is 2.14 bits per heavy atom. The minimum atomic E-state index is -0.225. The Balaban J connectivity index is 1.86. The molecule has 0 aromatic carbocycles. The number of hydrogen-bond donors (Lipinski definition) is 2. The zero-order valence-corrected chi connectivity index (χ0v) is 14.0. The molecule has 1 aliphatic carbocycles. The van der Waals surface area contributed by atoms with Gasteiger partial charge in [-0.25, -0.2) is 4.79 Å². The highest BCUT2D eigenvalue weighted by molar-refractivity contribution is 5.75. The summed E-state index contributed by atoms with van der Waals surface area (Å²) < 4.78 is 0. The number of hydrogen-bond acceptors (Lipinski definition) is 2. The summed E-state index contributed by atoms with van der Waals surface area (Å²) in [5, 5.41) is 13.4. The summed E-state index contributed by atoms with van der Waals surface area (Å²) in [6.07, 6.45) is 11.1. The molecule has 126 valence electrons. The minimum Gasteiger partial charge on any atom is -0.393 e. The van der Waals surface area contributed by atoms with E-state index in [1.165, 1.54) is 6.42 Å². The monoisotopic (exact) mass is 308 g/mol. The average molecular weight is 308 g/mol. The molecule has 4 atom stereocenters. The number of amides is 2. The fourth-order valence-corrected chi connectivity index (χ4v) is 4.01. The summed E-state index contributed by atoms with van der Waals surface area (Å²) in [4.78, 5) is 14.6.